The van der Waals surface area contributed by atoms with Crippen molar-refractivity contribution in [2.45, 2.75) is 136 Å². The first-order chi connectivity index (χ1) is 23.6. The molecule has 0 fully saturated rings. The number of rotatable bonds is 16. The zero-order valence-electron chi connectivity index (χ0n) is 31.9. The number of carbonyl (C=O) groups is 5. The Morgan fingerprint density at radius 2 is 1.29 bits per heavy atom. The van der Waals surface area contributed by atoms with E-state index in [0.29, 0.717) is 31.6 Å². The molecule has 3 amide bonds. The van der Waals surface area contributed by atoms with Gasteiger partial charge in [-0.05, 0) is 111 Å². The third-order valence-electron chi connectivity index (χ3n) is 7.17. The van der Waals surface area contributed by atoms with Gasteiger partial charge < -0.3 is 40.6 Å². The Labute approximate surface area is 302 Å². The van der Waals surface area contributed by atoms with Crippen LogP contribution in [0.2, 0.25) is 0 Å². The van der Waals surface area contributed by atoms with Gasteiger partial charge in [0.1, 0.15) is 34.6 Å². The Morgan fingerprint density at radius 3 is 1.84 bits per heavy atom. The molecule has 0 spiro atoms. The molecule has 0 saturated carbocycles. The van der Waals surface area contributed by atoms with Crippen molar-refractivity contribution in [2.75, 3.05) is 13.7 Å². The van der Waals surface area contributed by atoms with Crippen LogP contribution in [-0.4, -0.2) is 78.4 Å². The summed E-state index contributed by atoms with van der Waals surface area (Å²) in [6.07, 6.45) is 1.20. The van der Waals surface area contributed by atoms with Gasteiger partial charge in [0.2, 0.25) is 5.91 Å². The molecule has 0 unspecified atom stereocenters. The van der Waals surface area contributed by atoms with E-state index in [1.165, 1.54) is 0 Å². The van der Waals surface area contributed by atoms with Gasteiger partial charge in [0.05, 0.1) is 13.2 Å². The maximum absolute atomic E-state index is 13.2. The SMILES string of the molecule is COc1cc(C[C@@H](N)C(=O)NCCCC[C@H](NC(=O)N[C@@H](CCC(=O)OC(C)(C)C)C(=O)OC(C)(C)C)C(=O)OC(C)(C)C)cc2ccccc12. The normalized spacial score (nSPS) is 13.7. The molecule has 0 aromatic heterocycles. The molecule has 2 aromatic carbocycles. The highest BCUT2D eigenvalue weighted by Crippen LogP contribution is 2.28. The molecular weight excluding hydrogens is 656 g/mol. The second kappa shape index (κ2) is 18.7. The van der Waals surface area contributed by atoms with Crippen molar-refractivity contribution < 1.29 is 42.9 Å². The first-order valence-corrected chi connectivity index (χ1v) is 17.4. The van der Waals surface area contributed by atoms with Crippen molar-refractivity contribution in [1.29, 1.82) is 0 Å². The minimum absolute atomic E-state index is 0.0788. The van der Waals surface area contributed by atoms with Gasteiger partial charge >= 0.3 is 23.9 Å². The van der Waals surface area contributed by atoms with E-state index in [2.05, 4.69) is 16.0 Å². The number of ether oxygens (including phenoxy) is 4. The summed E-state index contributed by atoms with van der Waals surface area (Å²) in [5, 5.41) is 9.97. The molecule has 2 rings (SSSR count). The molecule has 51 heavy (non-hydrogen) atoms. The summed E-state index contributed by atoms with van der Waals surface area (Å²) in [5.74, 6) is -1.53. The van der Waals surface area contributed by atoms with Gasteiger partial charge in [0.25, 0.3) is 0 Å². The van der Waals surface area contributed by atoms with Gasteiger partial charge in [-0.1, -0.05) is 30.3 Å². The minimum atomic E-state index is -1.19. The largest absolute Gasteiger partial charge is 0.496 e. The predicted molar refractivity (Wildman–Crippen MR) is 195 cm³/mol. The third-order valence-corrected chi connectivity index (χ3v) is 7.17. The van der Waals surface area contributed by atoms with Crippen molar-refractivity contribution in [3.8, 4) is 5.75 Å². The number of amides is 3. The first-order valence-electron chi connectivity index (χ1n) is 17.4. The van der Waals surface area contributed by atoms with Gasteiger partial charge in [-0.2, -0.15) is 0 Å². The number of methoxy groups -OCH3 is 1. The second-order valence-corrected chi connectivity index (χ2v) is 15.5. The fourth-order valence-electron chi connectivity index (χ4n) is 5.04. The number of benzene rings is 2. The van der Waals surface area contributed by atoms with Crippen LogP contribution in [0.4, 0.5) is 4.79 Å². The van der Waals surface area contributed by atoms with Gasteiger partial charge in [-0.25, -0.2) is 14.4 Å². The molecule has 3 atom stereocenters. The number of esters is 3. The average molecular weight is 715 g/mol. The van der Waals surface area contributed by atoms with Gasteiger partial charge in [-0.15, -0.1) is 0 Å². The Balaban J connectivity index is 2.00. The fourth-order valence-corrected chi connectivity index (χ4v) is 5.04. The van der Waals surface area contributed by atoms with E-state index in [4.69, 9.17) is 24.7 Å². The van der Waals surface area contributed by atoms with E-state index >= 15 is 0 Å². The molecule has 0 bridgehead atoms. The number of hydrogen-bond acceptors (Lipinski definition) is 10. The standard InChI is InChI=1S/C38H58N4O9/c1-36(2,3)49-31(43)19-18-29(34(46)51-38(7,8)9)42-35(47)41-28(33(45)50-37(4,5)6)17-13-14-20-40-32(44)27(39)22-24-21-25-15-11-12-16-26(25)30(23-24)48-10/h11-12,15-16,21,23,27-29H,13-14,17-20,22,39H2,1-10H3,(H,40,44)(H2,41,42,47)/t27-,28+,29+/m1/s1. The summed E-state index contributed by atoms with van der Waals surface area (Å²) < 4.78 is 21.9. The van der Waals surface area contributed by atoms with Gasteiger partial charge in [-0.3, -0.25) is 9.59 Å². The molecule has 0 aliphatic carbocycles. The van der Waals surface area contributed by atoms with E-state index in [-0.39, 0.29) is 25.2 Å². The fraction of sp³-hybridized carbons (Fsp3) is 0.605. The smallest absolute Gasteiger partial charge is 0.329 e. The third kappa shape index (κ3) is 16.5. The minimum Gasteiger partial charge on any atom is -0.496 e. The van der Waals surface area contributed by atoms with Crippen LogP contribution in [0.25, 0.3) is 10.8 Å². The highest BCUT2D eigenvalue weighted by Gasteiger charge is 2.31. The van der Waals surface area contributed by atoms with Gasteiger partial charge in [0, 0.05) is 18.4 Å². The number of nitrogens with two attached hydrogens (primary N) is 1. The van der Waals surface area contributed by atoms with Crippen molar-refractivity contribution >= 4 is 40.6 Å². The van der Waals surface area contributed by atoms with Crippen LogP contribution in [0.5, 0.6) is 5.75 Å². The first kappa shape index (κ1) is 42.8. The summed E-state index contributed by atoms with van der Waals surface area (Å²) >= 11 is 0. The van der Waals surface area contributed by atoms with Gasteiger partial charge in [0.15, 0.2) is 0 Å². The van der Waals surface area contributed by atoms with E-state index in [1.54, 1.807) is 69.4 Å². The topological polar surface area (TPSA) is 184 Å². The number of fused-ring (bicyclic) bond motifs is 1. The molecule has 284 valence electrons. The molecule has 0 radical (unpaired) electrons. The Morgan fingerprint density at radius 1 is 0.745 bits per heavy atom. The van der Waals surface area contributed by atoms with Crippen molar-refractivity contribution in [3.63, 3.8) is 0 Å². The summed E-state index contributed by atoms with van der Waals surface area (Å²) in [6, 6.07) is 7.83. The van der Waals surface area contributed by atoms with Crippen molar-refractivity contribution in [2.24, 2.45) is 5.73 Å². The van der Waals surface area contributed by atoms with Crippen LogP contribution in [0.1, 0.15) is 100.0 Å². The second-order valence-electron chi connectivity index (χ2n) is 15.5. The molecule has 0 heterocycles. The lowest BCUT2D eigenvalue weighted by molar-refractivity contribution is -0.159. The molecular formula is C38H58N4O9. The Hall–Kier alpha value is -4.39. The number of hydrogen-bond donors (Lipinski definition) is 4. The summed E-state index contributed by atoms with van der Waals surface area (Å²) in [5.41, 5.74) is 4.72. The molecule has 0 aliphatic heterocycles. The maximum atomic E-state index is 13.2. The van der Waals surface area contributed by atoms with Crippen LogP contribution >= 0.6 is 0 Å². The molecule has 13 nitrogen and oxygen atoms in total. The van der Waals surface area contributed by atoms with E-state index in [0.717, 1.165) is 16.3 Å². The van der Waals surface area contributed by atoms with Crippen molar-refractivity contribution in [3.05, 3.63) is 42.0 Å². The monoisotopic (exact) mass is 714 g/mol. The lowest BCUT2D eigenvalue weighted by Crippen LogP contribution is -2.53. The van der Waals surface area contributed by atoms with E-state index in [1.807, 2.05) is 36.4 Å². The molecule has 5 N–H and O–H groups in total. The lowest BCUT2D eigenvalue weighted by Gasteiger charge is -2.27. The molecule has 0 saturated heterocycles. The zero-order valence-corrected chi connectivity index (χ0v) is 31.9. The zero-order chi connectivity index (χ0) is 38.6. The Bertz CT molecular complexity index is 1510. The summed E-state index contributed by atoms with van der Waals surface area (Å²) in [7, 11) is 1.60. The van der Waals surface area contributed by atoms with Crippen LogP contribution in [0.15, 0.2) is 36.4 Å². The quantitative estimate of drug-likeness (QED) is 0.107. The maximum Gasteiger partial charge on any atom is 0.329 e. The van der Waals surface area contributed by atoms with Crippen LogP contribution in [0, 0.1) is 0 Å². The summed E-state index contributed by atoms with van der Waals surface area (Å²) in [6.45, 7) is 15.7. The Kier molecular flexibility index (Phi) is 15.7. The lowest BCUT2D eigenvalue weighted by atomic mass is 10.0. The molecule has 0 aliphatic rings. The van der Waals surface area contributed by atoms with Crippen molar-refractivity contribution in [1.82, 2.24) is 16.0 Å². The van der Waals surface area contributed by atoms with Crippen LogP contribution < -0.4 is 26.4 Å². The average Bonchev–Trinajstić information content (AvgIpc) is 2.99. The number of carbonyl (C=O) groups excluding carboxylic acids is 5. The van der Waals surface area contributed by atoms with Crippen LogP contribution in [0.3, 0.4) is 0 Å². The van der Waals surface area contributed by atoms with E-state index < -0.39 is 58.9 Å². The van der Waals surface area contributed by atoms with Crippen LogP contribution in [-0.2, 0) is 39.8 Å². The summed E-state index contributed by atoms with van der Waals surface area (Å²) in [4.78, 5) is 64.4. The number of urea groups is 1. The highest BCUT2D eigenvalue weighted by atomic mass is 16.6. The number of unbranched alkanes of at least 4 members (excludes halogenated alkanes) is 1. The molecule has 2 aromatic rings. The predicted octanol–water partition coefficient (Wildman–Crippen LogP) is 4.85. The molecule has 13 heteroatoms. The van der Waals surface area contributed by atoms with E-state index in [9.17, 15) is 24.0 Å². The highest BCUT2D eigenvalue weighted by molar-refractivity contribution is 5.90. The number of nitrogens with one attached hydrogen (secondary N) is 3.